The number of benzene rings is 1. The van der Waals surface area contributed by atoms with E-state index in [0.717, 1.165) is 5.56 Å². The fourth-order valence-electron chi connectivity index (χ4n) is 0.760. The summed E-state index contributed by atoms with van der Waals surface area (Å²) in [6, 6.07) is 9.27. The molecule has 0 N–H and O–H groups in total. The van der Waals surface area contributed by atoms with Gasteiger partial charge in [0.05, 0.1) is 0 Å². The van der Waals surface area contributed by atoms with Gasteiger partial charge in [0, 0.05) is 2.74 Å². The quantitative estimate of drug-likeness (QED) is 0.565. The largest absolute Gasteiger partial charge is 0.0651 e. The van der Waals surface area contributed by atoms with Crippen molar-refractivity contribution in [3.8, 4) is 0 Å². The highest BCUT2D eigenvalue weighted by atomic mass is 13.9. The molecule has 0 atom stereocenters. The maximum absolute atomic E-state index is 7.58. The summed E-state index contributed by atoms with van der Waals surface area (Å²) >= 11 is 0. The zero-order valence-corrected chi connectivity index (χ0v) is 5.59. The molecule has 0 fully saturated rings. The van der Waals surface area contributed by atoms with Crippen LogP contribution in [0.5, 0.6) is 0 Å². The lowest BCUT2D eigenvalue weighted by Gasteiger charge is -1.93. The van der Waals surface area contributed by atoms with Crippen molar-refractivity contribution >= 4 is 0 Å². The van der Waals surface area contributed by atoms with Gasteiger partial charge in [-0.2, -0.15) is 0 Å². The van der Waals surface area contributed by atoms with Crippen LogP contribution in [0.15, 0.2) is 30.3 Å². The number of hydrogen-bond donors (Lipinski definition) is 0. The van der Waals surface area contributed by atoms with Crippen molar-refractivity contribution in [3.63, 3.8) is 0 Å². The third-order valence-corrected chi connectivity index (χ3v) is 1.15. The lowest BCUT2D eigenvalue weighted by atomic mass is 10.1. The first-order valence-corrected chi connectivity index (χ1v) is 3.22. The molecule has 1 aromatic rings. The highest BCUT2D eigenvalue weighted by molar-refractivity contribution is 5.14. The fourth-order valence-corrected chi connectivity index (χ4v) is 0.760. The predicted octanol–water partition coefficient (Wildman–Crippen LogP) is 2.64. The maximum atomic E-state index is 7.58. The molecule has 48 valence electrons. The average molecular weight is 122 g/mol. The lowest BCUT2D eigenvalue weighted by molar-refractivity contribution is 0.922. The summed E-state index contributed by atoms with van der Waals surface area (Å²) in [5, 5.41) is 0. The van der Waals surface area contributed by atoms with Crippen molar-refractivity contribution in [2.45, 2.75) is 19.7 Å². The summed E-state index contributed by atoms with van der Waals surface area (Å²) in [5.41, 5.74) is 0.766. The summed E-state index contributed by atoms with van der Waals surface area (Å²) in [6.07, 6.45) is -0.641. The molecule has 0 unspecified atom stereocenters. The van der Waals surface area contributed by atoms with Gasteiger partial charge in [-0.3, -0.25) is 0 Å². The Morgan fingerprint density at radius 1 is 1.33 bits per heavy atom. The van der Waals surface area contributed by atoms with E-state index in [9.17, 15) is 0 Å². The van der Waals surface area contributed by atoms with Gasteiger partial charge in [0.2, 0.25) is 0 Å². The Morgan fingerprint density at radius 2 is 2.00 bits per heavy atom. The fraction of sp³-hybridized carbons (Fsp3) is 0.333. The van der Waals surface area contributed by atoms with E-state index >= 15 is 0 Å². The Labute approximate surface area is 59.3 Å². The van der Waals surface area contributed by atoms with Crippen molar-refractivity contribution in [2.24, 2.45) is 0 Å². The molecule has 0 nitrogen and oxygen atoms in total. The van der Waals surface area contributed by atoms with E-state index < -0.39 is 6.37 Å². The van der Waals surface area contributed by atoms with Crippen molar-refractivity contribution in [1.29, 1.82) is 0 Å². The van der Waals surface area contributed by atoms with Crippen molar-refractivity contribution in [2.75, 3.05) is 0 Å². The van der Waals surface area contributed by atoms with Crippen LogP contribution in [0.2, 0.25) is 0 Å². The summed E-state index contributed by atoms with van der Waals surface area (Å²) in [6.45, 7) is 1.85. The Balaban J connectivity index is 2.93. The summed E-state index contributed by atoms with van der Waals surface area (Å²) in [4.78, 5) is 0. The molecule has 0 saturated heterocycles. The predicted molar refractivity (Wildman–Crippen MR) is 40.4 cm³/mol. The average Bonchev–Trinajstić information content (AvgIpc) is 2.06. The summed E-state index contributed by atoms with van der Waals surface area (Å²) < 4.78 is 15.2. The Hall–Kier alpha value is -0.780. The molecule has 0 saturated carbocycles. The summed E-state index contributed by atoms with van der Waals surface area (Å²) in [5.74, 6) is 0. The Bertz CT molecular complexity index is 216. The standard InChI is InChI=1S/C9H12/c1-2-6-9-7-4-3-5-8-9/h3-5,7-8H,2,6H2,1H3/i6D2. The third-order valence-electron chi connectivity index (χ3n) is 1.15. The molecule has 0 aliphatic carbocycles. The van der Waals surface area contributed by atoms with E-state index in [0.29, 0.717) is 6.42 Å². The SMILES string of the molecule is [2H]C([2H])(CC)c1ccccc1. The molecule has 0 heterocycles. The highest BCUT2D eigenvalue weighted by Gasteiger charge is 1.84. The molecule has 0 aromatic heterocycles. The van der Waals surface area contributed by atoms with E-state index in [1.807, 2.05) is 37.3 Å². The van der Waals surface area contributed by atoms with Crippen molar-refractivity contribution in [1.82, 2.24) is 0 Å². The molecule has 1 aromatic carbocycles. The van der Waals surface area contributed by atoms with E-state index in [1.54, 1.807) is 0 Å². The minimum Gasteiger partial charge on any atom is -0.0651 e. The van der Waals surface area contributed by atoms with E-state index in [2.05, 4.69) is 0 Å². The molecule has 0 radical (unpaired) electrons. The van der Waals surface area contributed by atoms with Gasteiger partial charge in [-0.05, 0) is 11.9 Å². The van der Waals surface area contributed by atoms with Crippen LogP contribution in [0.1, 0.15) is 21.6 Å². The van der Waals surface area contributed by atoms with Gasteiger partial charge in [0.15, 0.2) is 0 Å². The number of hydrogen-bond acceptors (Lipinski definition) is 0. The van der Waals surface area contributed by atoms with Crippen molar-refractivity contribution < 1.29 is 2.74 Å². The van der Waals surface area contributed by atoms with E-state index in [-0.39, 0.29) is 0 Å². The summed E-state index contributed by atoms with van der Waals surface area (Å²) in [7, 11) is 0. The highest BCUT2D eigenvalue weighted by Crippen LogP contribution is 2.00. The second-order valence-corrected chi connectivity index (χ2v) is 1.90. The first-order chi connectivity index (χ1) is 5.17. The molecular formula is C9H12. The van der Waals surface area contributed by atoms with Crippen LogP contribution in [-0.2, 0) is 6.37 Å². The van der Waals surface area contributed by atoms with Gasteiger partial charge in [0.25, 0.3) is 0 Å². The maximum Gasteiger partial charge on any atom is 0.0316 e. The molecule has 0 bridgehead atoms. The molecular weight excluding hydrogens is 108 g/mol. The molecule has 1 rings (SSSR count). The first kappa shape index (κ1) is 4.10. The second-order valence-electron chi connectivity index (χ2n) is 1.90. The van der Waals surface area contributed by atoms with Crippen molar-refractivity contribution in [3.05, 3.63) is 35.9 Å². The van der Waals surface area contributed by atoms with Crippen LogP contribution in [0.4, 0.5) is 0 Å². The second kappa shape index (κ2) is 3.29. The smallest absolute Gasteiger partial charge is 0.0316 e. The molecule has 0 aliphatic rings. The molecule has 0 aliphatic heterocycles. The number of aryl methyl sites for hydroxylation is 1. The Kier molecular flexibility index (Phi) is 1.50. The lowest BCUT2D eigenvalue weighted by Crippen LogP contribution is -1.78. The van der Waals surface area contributed by atoms with Gasteiger partial charge < -0.3 is 0 Å². The van der Waals surface area contributed by atoms with Crippen LogP contribution in [0.3, 0.4) is 0 Å². The van der Waals surface area contributed by atoms with E-state index in [1.165, 1.54) is 0 Å². The normalized spacial score (nSPS) is 14.3. The van der Waals surface area contributed by atoms with Crippen LogP contribution in [0.25, 0.3) is 0 Å². The molecule has 9 heavy (non-hydrogen) atoms. The van der Waals surface area contributed by atoms with Gasteiger partial charge in [-0.1, -0.05) is 43.7 Å². The van der Waals surface area contributed by atoms with Crippen LogP contribution in [-0.4, -0.2) is 0 Å². The molecule has 0 spiro atoms. The van der Waals surface area contributed by atoms with Gasteiger partial charge in [-0.25, -0.2) is 0 Å². The monoisotopic (exact) mass is 122 g/mol. The zero-order valence-electron chi connectivity index (χ0n) is 7.59. The van der Waals surface area contributed by atoms with Gasteiger partial charge in [0.1, 0.15) is 0 Å². The zero-order chi connectivity index (χ0) is 8.32. The van der Waals surface area contributed by atoms with Gasteiger partial charge >= 0.3 is 0 Å². The number of rotatable bonds is 2. The topological polar surface area (TPSA) is 0 Å². The molecule has 0 amide bonds. The van der Waals surface area contributed by atoms with E-state index in [4.69, 9.17) is 2.74 Å². The van der Waals surface area contributed by atoms with Crippen LogP contribution in [0, 0.1) is 0 Å². The van der Waals surface area contributed by atoms with Crippen LogP contribution < -0.4 is 0 Å². The minimum absolute atomic E-state index is 0.525. The van der Waals surface area contributed by atoms with Crippen LogP contribution >= 0.6 is 0 Å². The van der Waals surface area contributed by atoms with Gasteiger partial charge in [-0.15, -0.1) is 0 Å². The first-order valence-electron chi connectivity index (χ1n) is 4.22. The molecule has 0 heteroatoms. The third kappa shape index (κ3) is 1.88. The Morgan fingerprint density at radius 3 is 2.56 bits per heavy atom. The minimum atomic E-state index is -1.17.